The molecular weight excluding hydrogens is 973 g/mol. The summed E-state index contributed by atoms with van der Waals surface area (Å²) in [5.74, 6) is -0.901. The third kappa shape index (κ3) is 66.1. The highest BCUT2D eigenvalue weighted by Crippen LogP contribution is 2.19. The average molecular weight is 1110 g/mol. The number of carbonyl (C=O) groups excluding carboxylic acids is 3. The number of ether oxygens (including phenoxy) is 3. The van der Waals surface area contributed by atoms with Crippen molar-refractivity contribution in [2.75, 3.05) is 13.2 Å². The van der Waals surface area contributed by atoms with Crippen LogP contribution in [0.5, 0.6) is 0 Å². The van der Waals surface area contributed by atoms with E-state index in [9.17, 15) is 14.4 Å². The minimum atomic E-state index is -0.788. The summed E-state index contributed by atoms with van der Waals surface area (Å²) in [5, 5.41) is 0. The van der Waals surface area contributed by atoms with E-state index in [0.29, 0.717) is 19.3 Å². The minimum Gasteiger partial charge on any atom is -0.462 e. The largest absolute Gasteiger partial charge is 0.462 e. The fraction of sp³-hybridized carbons (Fsp3) is 0.849. The lowest BCUT2D eigenvalue weighted by atomic mass is 10.0. The Balaban J connectivity index is 4.09. The van der Waals surface area contributed by atoms with Gasteiger partial charge in [0.1, 0.15) is 13.2 Å². The number of hydrogen-bond acceptors (Lipinski definition) is 6. The molecule has 79 heavy (non-hydrogen) atoms. The molecule has 0 aromatic rings. The van der Waals surface area contributed by atoms with E-state index in [2.05, 4.69) is 69.4 Å². The van der Waals surface area contributed by atoms with Gasteiger partial charge in [0.2, 0.25) is 0 Å². The Kier molecular flexibility index (Phi) is 65.6. The lowest BCUT2D eigenvalue weighted by Gasteiger charge is -2.18. The average Bonchev–Trinajstić information content (AvgIpc) is 3.45. The molecule has 0 spiro atoms. The van der Waals surface area contributed by atoms with E-state index < -0.39 is 6.10 Å². The Morgan fingerprint density at radius 1 is 0.266 bits per heavy atom. The Labute approximate surface area is 492 Å². The molecule has 0 aliphatic carbocycles. The van der Waals surface area contributed by atoms with Crippen molar-refractivity contribution in [3.05, 3.63) is 48.6 Å². The van der Waals surface area contributed by atoms with Gasteiger partial charge in [0, 0.05) is 19.3 Å². The second kappa shape index (κ2) is 67.9. The van der Waals surface area contributed by atoms with Crippen LogP contribution in [-0.2, 0) is 28.6 Å². The molecule has 0 amide bonds. The highest BCUT2D eigenvalue weighted by Gasteiger charge is 2.19. The monoisotopic (exact) mass is 1110 g/mol. The number of carbonyl (C=O) groups is 3. The molecule has 6 nitrogen and oxygen atoms in total. The normalized spacial score (nSPS) is 12.3. The molecule has 0 heterocycles. The van der Waals surface area contributed by atoms with Gasteiger partial charge in [-0.25, -0.2) is 0 Å². The Bertz CT molecular complexity index is 1360. The van der Waals surface area contributed by atoms with E-state index in [1.54, 1.807) is 0 Å². The van der Waals surface area contributed by atoms with Gasteiger partial charge in [-0.3, -0.25) is 14.4 Å². The van der Waals surface area contributed by atoms with Gasteiger partial charge in [0.15, 0.2) is 6.10 Å². The van der Waals surface area contributed by atoms with Gasteiger partial charge in [0.05, 0.1) is 0 Å². The molecule has 0 N–H and O–H groups in total. The van der Waals surface area contributed by atoms with Gasteiger partial charge < -0.3 is 14.2 Å². The highest BCUT2D eigenvalue weighted by molar-refractivity contribution is 5.71. The van der Waals surface area contributed by atoms with Gasteiger partial charge in [-0.15, -0.1) is 0 Å². The van der Waals surface area contributed by atoms with Crippen LogP contribution in [0.15, 0.2) is 48.6 Å². The molecule has 0 aliphatic rings. The molecule has 0 saturated carbocycles. The van der Waals surface area contributed by atoms with E-state index in [4.69, 9.17) is 14.2 Å². The topological polar surface area (TPSA) is 78.9 Å². The first-order valence-corrected chi connectivity index (χ1v) is 35.1. The van der Waals surface area contributed by atoms with Crippen LogP contribution in [0.3, 0.4) is 0 Å². The van der Waals surface area contributed by atoms with E-state index >= 15 is 0 Å². The third-order valence-electron chi connectivity index (χ3n) is 15.8. The first kappa shape index (κ1) is 76.4. The predicted octanol–water partition coefficient (Wildman–Crippen LogP) is 24.1. The highest BCUT2D eigenvalue weighted by atomic mass is 16.6. The molecular formula is C73H134O6. The van der Waals surface area contributed by atoms with Crippen molar-refractivity contribution in [3.8, 4) is 0 Å². The van der Waals surface area contributed by atoms with Crippen LogP contribution in [0.1, 0.15) is 380 Å². The second-order valence-electron chi connectivity index (χ2n) is 23.8. The number of allylic oxidation sites excluding steroid dienone is 8. The van der Waals surface area contributed by atoms with Crippen LogP contribution in [0.25, 0.3) is 0 Å². The standard InChI is InChI=1S/C73H134O6/c1-4-7-10-13-16-19-22-25-27-28-29-30-31-32-33-34-35-36-37-38-39-40-41-42-43-44-46-48-51-54-57-60-63-66-72(75)78-69-70(68-77-71(74)65-62-59-56-53-50-47-24-21-18-15-12-9-6-3)79-73(76)67-64-61-58-55-52-49-45-26-23-20-17-14-11-8-5-2/h9,12,18,21,26,45,47,50,70H,4-8,10-11,13-17,19-20,22-25,27-44,46,48-49,51-69H2,1-3H3/b12-9-,21-18-,45-26-,50-47-. The maximum Gasteiger partial charge on any atom is 0.306 e. The van der Waals surface area contributed by atoms with Gasteiger partial charge >= 0.3 is 17.9 Å². The van der Waals surface area contributed by atoms with Crippen molar-refractivity contribution in [2.45, 2.75) is 386 Å². The quantitative estimate of drug-likeness (QED) is 0.0261. The van der Waals surface area contributed by atoms with Crippen LogP contribution in [-0.4, -0.2) is 37.2 Å². The lowest BCUT2D eigenvalue weighted by molar-refractivity contribution is -0.167. The molecule has 0 saturated heterocycles. The van der Waals surface area contributed by atoms with E-state index in [1.165, 1.54) is 244 Å². The molecule has 1 unspecified atom stereocenters. The summed E-state index contributed by atoms with van der Waals surface area (Å²) in [6, 6.07) is 0. The van der Waals surface area contributed by atoms with Crippen molar-refractivity contribution in [1.82, 2.24) is 0 Å². The minimum absolute atomic E-state index is 0.0825. The van der Waals surface area contributed by atoms with Crippen molar-refractivity contribution in [2.24, 2.45) is 0 Å². The molecule has 0 rings (SSSR count). The summed E-state index contributed by atoms with van der Waals surface area (Å²) in [7, 11) is 0. The third-order valence-corrected chi connectivity index (χ3v) is 15.8. The molecule has 0 aliphatic heterocycles. The molecule has 1 atom stereocenters. The summed E-state index contributed by atoms with van der Waals surface area (Å²) in [6.45, 7) is 6.54. The number of unbranched alkanes of at least 4 members (excludes halogenated alkanes) is 46. The smallest absolute Gasteiger partial charge is 0.306 e. The fourth-order valence-corrected chi connectivity index (χ4v) is 10.6. The zero-order chi connectivity index (χ0) is 57.1. The zero-order valence-corrected chi connectivity index (χ0v) is 53.2. The number of hydrogen-bond donors (Lipinski definition) is 0. The fourth-order valence-electron chi connectivity index (χ4n) is 10.6. The predicted molar refractivity (Wildman–Crippen MR) is 344 cm³/mol. The SMILES string of the molecule is CC/C=C\C/C=C\C/C=C\CCCCCC(=O)OCC(COC(=O)CCCCCCCCCCCCCCCCCCCCCCCCCCCCCCCCCCC)OC(=O)CCCCCCC/C=C\CCCCCCCC. The summed E-state index contributed by atoms with van der Waals surface area (Å²) >= 11 is 0. The summed E-state index contributed by atoms with van der Waals surface area (Å²) in [4.78, 5) is 38.3. The van der Waals surface area contributed by atoms with Gasteiger partial charge in [0.25, 0.3) is 0 Å². The van der Waals surface area contributed by atoms with E-state index in [-0.39, 0.29) is 31.1 Å². The first-order chi connectivity index (χ1) is 39.0. The van der Waals surface area contributed by atoms with Crippen LogP contribution in [0.2, 0.25) is 0 Å². The van der Waals surface area contributed by atoms with Crippen molar-refractivity contribution >= 4 is 17.9 Å². The van der Waals surface area contributed by atoms with Crippen molar-refractivity contribution in [1.29, 1.82) is 0 Å². The van der Waals surface area contributed by atoms with Crippen molar-refractivity contribution in [3.63, 3.8) is 0 Å². The Morgan fingerprint density at radius 2 is 0.494 bits per heavy atom. The van der Waals surface area contributed by atoms with Crippen LogP contribution in [0.4, 0.5) is 0 Å². The van der Waals surface area contributed by atoms with Crippen LogP contribution in [0, 0.1) is 0 Å². The lowest BCUT2D eigenvalue weighted by Crippen LogP contribution is -2.30. The maximum absolute atomic E-state index is 12.9. The molecule has 0 aromatic heterocycles. The molecule has 0 bridgehead atoms. The maximum atomic E-state index is 12.9. The molecule has 462 valence electrons. The Hall–Kier alpha value is -2.63. The van der Waals surface area contributed by atoms with E-state index in [1.807, 2.05) is 0 Å². The summed E-state index contributed by atoms with van der Waals surface area (Å²) in [6.07, 6.45) is 86.0. The van der Waals surface area contributed by atoms with E-state index in [0.717, 1.165) is 96.3 Å². The van der Waals surface area contributed by atoms with Crippen LogP contribution < -0.4 is 0 Å². The summed E-state index contributed by atoms with van der Waals surface area (Å²) in [5.41, 5.74) is 0. The van der Waals surface area contributed by atoms with Crippen molar-refractivity contribution < 1.29 is 28.6 Å². The van der Waals surface area contributed by atoms with Gasteiger partial charge in [-0.2, -0.15) is 0 Å². The van der Waals surface area contributed by atoms with Gasteiger partial charge in [-0.1, -0.05) is 333 Å². The molecule has 0 fully saturated rings. The molecule has 6 heteroatoms. The van der Waals surface area contributed by atoms with Gasteiger partial charge in [-0.05, 0) is 77.0 Å². The second-order valence-corrected chi connectivity index (χ2v) is 23.8. The summed E-state index contributed by atoms with van der Waals surface area (Å²) < 4.78 is 16.9. The Morgan fingerprint density at radius 3 is 0.797 bits per heavy atom. The molecule has 0 radical (unpaired) electrons. The van der Waals surface area contributed by atoms with Crippen LogP contribution >= 0.6 is 0 Å². The zero-order valence-electron chi connectivity index (χ0n) is 53.2. The number of rotatable bonds is 65. The molecule has 0 aromatic carbocycles. The number of esters is 3. The first-order valence-electron chi connectivity index (χ1n) is 35.1.